The Kier molecular flexibility index (Phi) is 4.84. The molecule has 1 fully saturated rings. The molecule has 1 aromatic carbocycles. The van der Waals surface area contributed by atoms with Gasteiger partial charge in [-0.05, 0) is 18.2 Å². The van der Waals surface area contributed by atoms with Gasteiger partial charge >= 0.3 is 0 Å². The van der Waals surface area contributed by atoms with E-state index < -0.39 is 5.97 Å². The SMILES string of the molecule is CC(=O)O.c1cnc2cc(N3CCNCC3)ccc2n1. The number of piperazine rings is 1. The molecule has 2 N–H and O–H groups in total. The Bertz CT molecular complexity index is 578. The van der Waals surface area contributed by atoms with Crippen LogP contribution in [0.1, 0.15) is 6.92 Å². The number of hydrogen-bond acceptors (Lipinski definition) is 5. The number of hydrogen-bond donors (Lipinski definition) is 2. The van der Waals surface area contributed by atoms with E-state index in [0.717, 1.165) is 44.1 Å². The zero-order valence-corrected chi connectivity index (χ0v) is 11.4. The fourth-order valence-corrected chi connectivity index (χ4v) is 2.07. The van der Waals surface area contributed by atoms with Gasteiger partial charge in [0.2, 0.25) is 0 Å². The van der Waals surface area contributed by atoms with Gasteiger partial charge in [0.25, 0.3) is 5.97 Å². The van der Waals surface area contributed by atoms with Crippen LogP contribution in [0.2, 0.25) is 0 Å². The fraction of sp³-hybridized carbons (Fsp3) is 0.357. The van der Waals surface area contributed by atoms with Crippen molar-refractivity contribution in [2.24, 2.45) is 0 Å². The highest BCUT2D eigenvalue weighted by atomic mass is 16.4. The molecule has 1 aromatic heterocycles. The maximum Gasteiger partial charge on any atom is 0.300 e. The molecule has 0 aliphatic carbocycles. The maximum absolute atomic E-state index is 9.00. The summed E-state index contributed by atoms with van der Waals surface area (Å²) in [5, 5.41) is 10.8. The molecule has 0 saturated carbocycles. The number of nitrogens with one attached hydrogen (secondary N) is 1. The van der Waals surface area contributed by atoms with Crippen molar-refractivity contribution in [1.29, 1.82) is 0 Å². The normalized spacial score (nSPS) is 14.6. The molecule has 0 bridgehead atoms. The topological polar surface area (TPSA) is 78.3 Å². The van der Waals surface area contributed by atoms with Crippen molar-refractivity contribution in [3.8, 4) is 0 Å². The number of anilines is 1. The predicted octanol–water partition coefficient (Wildman–Crippen LogP) is 1.13. The molecule has 6 nitrogen and oxygen atoms in total. The summed E-state index contributed by atoms with van der Waals surface area (Å²) in [5.41, 5.74) is 3.18. The molecule has 2 aromatic rings. The molecule has 2 heterocycles. The largest absolute Gasteiger partial charge is 0.481 e. The summed E-state index contributed by atoms with van der Waals surface area (Å²) in [6, 6.07) is 6.29. The van der Waals surface area contributed by atoms with Gasteiger partial charge in [0.1, 0.15) is 0 Å². The van der Waals surface area contributed by atoms with Gasteiger partial charge in [-0.2, -0.15) is 0 Å². The Labute approximate surface area is 117 Å². The second kappa shape index (κ2) is 6.81. The first kappa shape index (κ1) is 14.2. The number of aliphatic carboxylic acids is 1. The first-order valence-electron chi connectivity index (χ1n) is 6.53. The number of rotatable bonds is 1. The van der Waals surface area contributed by atoms with Crippen LogP contribution < -0.4 is 10.2 Å². The maximum atomic E-state index is 9.00. The summed E-state index contributed by atoms with van der Waals surface area (Å²) < 4.78 is 0. The minimum absolute atomic E-state index is 0.833. The van der Waals surface area contributed by atoms with Crippen LogP contribution in [-0.2, 0) is 4.79 Å². The molecule has 1 aliphatic heterocycles. The smallest absolute Gasteiger partial charge is 0.300 e. The second-order valence-corrected chi connectivity index (χ2v) is 4.49. The Balaban J connectivity index is 0.000000328. The van der Waals surface area contributed by atoms with Crippen LogP contribution in [-0.4, -0.2) is 47.2 Å². The highest BCUT2D eigenvalue weighted by molar-refractivity contribution is 5.78. The van der Waals surface area contributed by atoms with Crippen molar-refractivity contribution in [3.63, 3.8) is 0 Å². The van der Waals surface area contributed by atoms with E-state index in [2.05, 4.69) is 32.3 Å². The van der Waals surface area contributed by atoms with Crippen LogP contribution >= 0.6 is 0 Å². The van der Waals surface area contributed by atoms with E-state index in [9.17, 15) is 0 Å². The second-order valence-electron chi connectivity index (χ2n) is 4.49. The third-order valence-corrected chi connectivity index (χ3v) is 2.94. The first-order chi connectivity index (χ1) is 9.66. The Morgan fingerprint density at radius 3 is 2.45 bits per heavy atom. The third-order valence-electron chi connectivity index (χ3n) is 2.94. The third kappa shape index (κ3) is 3.89. The number of carboxylic acid groups (broad SMARTS) is 1. The van der Waals surface area contributed by atoms with Crippen LogP contribution in [0.3, 0.4) is 0 Å². The van der Waals surface area contributed by atoms with E-state index in [1.165, 1.54) is 5.69 Å². The summed E-state index contributed by atoms with van der Waals surface area (Å²) >= 11 is 0. The average molecular weight is 274 g/mol. The van der Waals surface area contributed by atoms with E-state index in [1.807, 2.05) is 6.07 Å². The van der Waals surface area contributed by atoms with Crippen molar-refractivity contribution < 1.29 is 9.90 Å². The number of aromatic nitrogens is 2. The first-order valence-corrected chi connectivity index (χ1v) is 6.53. The lowest BCUT2D eigenvalue weighted by Crippen LogP contribution is -2.43. The summed E-state index contributed by atoms with van der Waals surface area (Å²) in [7, 11) is 0. The number of fused-ring (bicyclic) bond motifs is 1. The van der Waals surface area contributed by atoms with Gasteiger partial charge in [0, 0.05) is 51.2 Å². The molecule has 0 unspecified atom stereocenters. The molecule has 0 spiro atoms. The summed E-state index contributed by atoms with van der Waals surface area (Å²) in [5.74, 6) is -0.833. The molecule has 1 aliphatic rings. The van der Waals surface area contributed by atoms with Crippen molar-refractivity contribution in [3.05, 3.63) is 30.6 Å². The van der Waals surface area contributed by atoms with Gasteiger partial charge in [0.05, 0.1) is 11.0 Å². The minimum atomic E-state index is -0.833. The van der Waals surface area contributed by atoms with E-state index in [-0.39, 0.29) is 0 Å². The van der Waals surface area contributed by atoms with Gasteiger partial charge in [-0.1, -0.05) is 0 Å². The van der Waals surface area contributed by atoms with Gasteiger partial charge in [-0.25, -0.2) is 0 Å². The Morgan fingerprint density at radius 2 is 1.80 bits per heavy atom. The van der Waals surface area contributed by atoms with Crippen molar-refractivity contribution >= 4 is 22.7 Å². The number of nitrogens with zero attached hydrogens (tertiary/aromatic N) is 3. The Hall–Kier alpha value is -2.21. The highest BCUT2D eigenvalue weighted by Gasteiger charge is 2.10. The van der Waals surface area contributed by atoms with E-state index in [1.54, 1.807) is 12.4 Å². The number of carboxylic acids is 1. The zero-order chi connectivity index (χ0) is 14.4. The molecule has 0 atom stereocenters. The molecule has 1 saturated heterocycles. The van der Waals surface area contributed by atoms with Crippen LogP contribution in [0.4, 0.5) is 5.69 Å². The summed E-state index contributed by atoms with van der Waals surface area (Å²) in [6.07, 6.45) is 3.47. The van der Waals surface area contributed by atoms with Crippen molar-refractivity contribution in [1.82, 2.24) is 15.3 Å². The quantitative estimate of drug-likeness (QED) is 0.811. The van der Waals surface area contributed by atoms with Crippen LogP contribution in [0, 0.1) is 0 Å². The molecule has 0 amide bonds. The zero-order valence-electron chi connectivity index (χ0n) is 11.4. The van der Waals surface area contributed by atoms with Crippen molar-refractivity contribution in [2.45, 2.75) is 6.92 Å². The molecule has 6 heteroatoms. The van der Waals surface area contributed by atoms with E-state index in [0.29, 0.717) is 0 Å². The number of carbonyl (C=O) groups is 1. The lowest BCUT2D eigenvalue weighted by Gasteiger charge is -2.29. The summed E-state index contributed by atoms with van der Waals surface area (Å²) in [4.78, 5) is 20.0. The lowest BCUT2D eigenvalue weighted by molar-refractivity contribution is -0.134. The molecular formula is C14H18N4O2. The molecular weight excluding hydrogens is 256 g/mol. The standard InChI is InChI=1S/C12H14N4.C2H4O2/c1-2-11-12(15-4-3-14-11)9-10(1)16-7-5-13-6-8-16;1-2(3)4/h1-4,9,13H,5-8H2;1H3,(H,3,4). The monoisotopic (exact) mass is 274 g/mol. The van der Waals surface area contributed by atoms with Gasteiger partial charge in [-0.15, -0.1) is 0 Å². The number of benzene rings is 1. The van der Waals surface area contributed by atoms with Crippen molar-refractivity contribution in [2.75, 3.05) is 31.1 Å². The Morgan fingerprint density at radius 1 is 1.20 bits per heavy atom. The van der Waals surface area contributed by atoms with Crippen LogP contribution in [0.5, 0.6) is 0 Å². The molecule has 0 radical (unpaired) electrons. The molecule has 106 valence electrons. The van der Waals surface area contributed by atoms with Gasteiger partial charge < -0.3 is 15.3 Å². The predicted molar refractivity (Wildman–Crippen MR) is 77.9 cm³/mol. The molecule has 20 heavy (non-hydrogen) atoms. The lowest BCUT2D eigenvalue weighted by atomic mass is 10.2. The summed E-state index contributed by atoms with van der Waals surface area (Å²) in [6.45, 7) is 5.31. The average Bonchev–Trinajstić information content (AvgIpc) is 2.47. The van der Waals surface area contributed by atoms with Crippen LogP contribution in [0.15, 0.2) is 30.6 Å². The highest BCUT2D eigenvalue weighted by Crippen LogP contribution is 2.19. The fourth-order valence-electron chi connectivity index (χ4n) is 2.07. The minimum Gasteiger partial charge on any atom is -0.481 e. The van der Waals surface area contributed by atoms with E-state index in [4.69, 9.17) is 9.90 Å². The molecule has 3 rings (SSSR count). The van der Waals surface area contributed by atoms with E-state index >= 15 is 0 Å². The van der Waals surface area contributed by atoms with Crippen LogP contribution in [0.25, 0.3) is 11.0 Å². The van der Waals surface area contributed by atoms with Gasteiger partial charge in [0.15, 0.2) is 0 Å². The van der Waals surface area contributed by atoms with Gasteiger partial charge in [-0.3, -0.25) is 14.8 Å².